The first-order chi connectivity index (χ1) is 15.2. The van der Waals surface area contributed by atoms with E-state index in [1.807, 2.05) is 12.1 Å². The van der Waals surface area contributed by atoms with Crippen LogP contribution in [0.3, 0.4) is 0 Å². The minimum atomic E-state index is -0.501. The van der Waals surface area contributed by atoms with Crippen LogP contribution in [0.15, 0.2) is 48.9 Å². The Morgan fingerprint density at radius 1 is 1.19 bits per heavy atom. The fraction of sp³-hybridized carbons (Fsp3) is 0.333. The van der Waals surface area contributed by atoms with Crippen LogP contribution >= 0.6 is 0 Å². The molecule has 2 fully saturated rings. The molecular weight excluding hydrogens is 401 g/mol. The lowest BCUT2D eigenvalue weighted by molar-refractivity contribution is 0.129. The predicted molar refractivity (Wildman–Crippen MR) is 112 cm³/mol. The van der Waals surface area contributed by atoms with Crippen molar-refractivity contribution < 1.29 is 13.9 Å². The summed E-state index contributed by atoms with van der Waals surface area (Å²) in [6.07, 6.45) is 4.08. The second-order valence-electron chi connectivity index (χ2n) is 7.55. The van der Waals surface area contributed by atoms with Crippen LogP contribution in [0.1, 0.15) is 0 Å². The van der Waals surface area contributed by atoms with Crippen LogP contribution < -0.4 is 15.1 Å². The van der Waals surface area contributed by atoms with E-state index in [1.54, 1.807) is 35.4 Å². The van der Waals surface area contributed by atoms with Gasteiger partial charge in [0.15, 0.2) is 0 Å². The summed E-state index contributed by atoms with van der Waals surface area (Å²) >= 11 is 0. The van der Waals surface area contributed by atoms with E-state index in [0.29, 0.717) is 29.9 Å². The summed E-state index contributed by atoms with van der Waals surface area (Å²) in [6, 6.07) is 8.55. The lowest BCUT2D eigenvalue weighted by Gasteiger charge is -2.28. The number of hydrogen-bond acceptors (Lipinski definition) is 7. The normalized spacial score (nSPS) is 19.0. The Labute approximate surface area is 178 Å². The van der Waals surface area contributed by atoms with Gasteiger partial charge in [-0.3, -0.25) is 4.90 Å². The van der Waals surface area contributed by atoms with Crippen LogP contribution in [-0.4, -0.2) is 64.9 Å². The van der Waals surface area contributed by atoms with Gasteiger partial charge in [0.2, 0.25) is 0 Å². The summed E-state index contributed by atoms with van der Waals surface area (Å²) in [5, 5.41) is 10.9. The van der Waals surface area contributed by atoms with E-state index in [4.69, 9.17) is 4.74 Å². The number of cyclic esters (lactones) is 1. The summed E-state index contributed by atoms with van der Waals surface area (Å²) in [7, 11) is 0. The van der Waals surface area contributed by atoms with Gasteiger partial charge < -0.3 is 15.0 Å². The van der Waals surface area contributed by atoms with Crippen molar-refractivity contribution in [3.05, 3.63) is 54.7 Å². The second kappa shape index (κ2) is 8.31. The van der Waals surface area contributed by atoms with Gasteiger partial charge in [0.25, 0.3) is 0 Å². The average Bonchev–Trinajstić information content (AvgIpc) is 3.44. The predicted octanol–water partition coefficient (Wildman–Crippen LogP) is 1.91. The van der Waals surface area contributed by atoms with Crippen molar-refractivity contribution >= 4 is 17.6 Å². The Kier molecular flexibility index (Phi) is 5.21. The van der Waals surface area contributed by atoms with E-state index in [0.717, 1.165) is 32.0 Å². The van der Waals surface area contributed by atoms with E-state index < -0.39 is 11.9 Å². The summed E-state index contributed by atoms with van der Waals surface area (Å²) < 4.78 is 21.9. The molecule has 2 saturated heterocycles. The molecule has 9 nitrogen and oxygen atoms in total. The van der Waals surface area contributed by atoms with Crippen LogP contribution in [-0.2, 0) is 11.3 Å². The molecule has 2 aliphatic rings. The molecule has 0 aliphatic carbocycles. The van der Waals surface area contributed by atoms with Crippen molar-refractivity contribution in [2.75, 3.05) is 42.5 Å². The maximum Gasteiger partial charge on any atom is 0.414 e. The van der Waals surface area contributed by atoms with Crippen LogP contribution in [0.2, 0.25) is 0 Å². The van der Waals surface area contributed by atoms with E-state index >= 15 is 0 Å². The minimum Gasteiger partial charge on any atom is -0.442 e. The molecule has 2 aliphatic heterocycles. The van der Waals surface area contributed by atoms with Crippen LogP contribution in [0.5, 0.6) is 0 Å². The van der Waals surface area contributed by atoms with Gasteiger partial charge in [-0.2, -0.15) is 0 Å². The van der Waals surface area contributed by atoms with E-state index in [9.17, 15) is 9.18 Å². The van der Waals surface area contributed by atoms with Gasteiger partial charge in [-0.1, -0.05) is 5.21 Å². The zero-order valence-corrected chi connectivity index (χ0v) is 16.8. The van der Waals surface area contributed by atoms with Gasteiger partial charge in [0, 0.05) is 49.7 Å². The Morgan fingerprint density at radius 2 is 2.06 bits per heavy atom. The van der Waals surface area contributed by atoms with E-state index in [-0.39, 0.29) is 6.10 Å². The number of nitrogens with one attached hydrogen (secondary N) is 1. The van der Waals surface area contributed by atoms with Gasteiger partial charge >= 0.3 is 6.09 Å². The Hall–Kier alpha value is -3.53. The summed E-state index contributed by atoms with van der Waals surface area (Å²) in [5.74, 6) is 0.474. The average molecular weight is 423 g/mol. The molecule has 3 aromatic rings. The molecule has 5 rings (SSSR count). The number of nitrogens with zero attached hydrogens (tertiary/aromatic N) is 6. The lowest BCUT2D eigenvalue weighted by Crippen LogP contribution is -2.43. The van der Waals surface area contributed by atoms with E-state index in [2.05, 4.69) is 25.5 Å². The molecule has 0 saturated carbocycles. The van der Waals surface area contributed by atoms with Crippen molar-refractivity contribution in [2.45, 2.75) is 12.6 Å². The molecular formula is C21H22FN7O2. The zero-order chi connectivity index (χ0) is 21.2. The molecule has 4 heterocycles. The van der Waals surface area contributed by atoms with Gasteiger partial charge in [-0.05, 0) is 30.3 Å². The molecule has 160 valence electrons. The SMILES string of the molecule is O=C1O[C@@H](Cn2ccnn2)CN1c1ccc(-c2ccc(N3CCNCC3)nc2)c(F)c1. The number of benzene rings is 1. The summed E-state index contributed by atoms with van der Waals surface area (Å²) in [4.78, 5) is 20.4. The van der Waals surface area contributed by atoms with Crippen molar-refractivity contribution in [1.29, 1.82) is 0 Å². The number of anilines is 2. The highest BCUT2D eigenvalue weighted by molar-refractivity contribution is 5.90. The molecule has 1 amide bonds. The highest BCUT2D eigenvalue weighted by Gasteiger charge is 2.33. The Morgan fingerprint density at radius 3 is 2.77 bits per heavy atom. The number of halogens is 1. The molecule has 0 radical (unpaired) electrons. The standard InChI is InChI=1S/C21H22FN7O2/c22-19-11-16(29-14-17(31-21(29)30)13-28-10-7-25-26-28)2-3-18(19)15-1-4-20(24-12-15)27-8-5-23-6-9-27/h1-4,7,10-12,17,23H,5-6,8-9,13-14H2/t17-/m0/s1. The fourth-order valence-corrected chi connectivity index (χ4v) is 3.90. The topological polar surface area (TPSA) is 88.4 Å². The number of amides is 1. The third kappa shape index (κ3) is 4.06. The first-order valence-corrected chi connectivity index (χ1v) is 10.2. The van der Waals surface area contributed by atoms with Gasteiger partial charge in [0.05, 0.1) is 25.0 Å². The number of rotatable bonds is 5. The highest BCUT2D eigenvalue weighted by atomic mass is 19.1. The highest BCUT2D eigenvalue weighted by Crippen LogP contribution is 2.29. The van der Waals surface area contributed by atoms with Crippen molar-refractivity contribution in [3.63, 3.8) is 0 Å². The molecule has 0 unspecified atom stereocenters. The molecule has 2 aromatic heterocycles. The van der Waals surface area contributed by atoms with Crippen molar-refractivity contribution in [2.24, 2.45) is 0 Å². The number of carbonyl (C=O) groups excluding carboxylic acids is 1. The quantitative estimate of drug-likeness (QED) is 0.671. The number of carbonyl (C=O) groups is 1. The second-order valence-corrected chi connectivity index (χ2v) is 7.55. The Balaban J connectivity index is 1.30. The van der Waals surface area contributed by atoms with Crippen LogP contribution in [0, 0.1) is 5.82 Å². The number of piperazine rings is 1. The number of pyridine rings is 1. The maximum absolute atomic E-state index is 14.9. The first kappa shape index (κ1) is 19.4. The van der Waals surface area contributed by atoms with Crippen molar-refractivity contribution in [1.82, 2.24) is 25.3 Å². The van der Waals surface area contributed by atoms with Gasteiger partial charge in [-0.15, -0.1) is 5.10 Å². The third-order valence-corrected chi connectivity index (χ3v) is 5.50. The lowest BCUT2D eigenvalue weighted by atomic mass is 10.1. The fourth-order valence-electron chi connectivity index (χ4n) is 3.90. The van der Waals surface area contributed by atoms with Gasteiger partial charge in [0.1, 0.15) is 17.7 Å². The first-order valence-electron chi connectivity index (χ1n) is 10.2. The van der Waals surface area contributed by atoms with Crippen molar-refractivity contribution in [3.8, 4) is 11.1 Å². The third-order valence-electron chi connectivity index (χ3n) is 5.50. The number of aromatic nitrogens is 4. The number of hydrogen-bond donors (Lipinski definition) is 1. The maximum atomic E-state index is 14.9. The van der Waals surface area contributed by atoms with Crippen LogP contribution in [0.25, 0.3) is 11.1 Å². The monoisotopic (exact) mass is 423 g/mol. The minimum absolute atomic E-state index is 0.318. The molecule has 1 atom stereocenters. The molecule has 0 bridgehead atoms. The largest absolute Gasteiger partial charge is 0.442 e. The summed E-state index contributed by atoms with van der Waals surface area (Å²) in [5.41, 5.74) is 1.59. The molecule has 10 heteroatoms. The molecule has 0 spiro atoms. The van der Waals surface area contributed by atoms with Gasteiger partial charge in [-0.25, -0.2) is 18.9 Å². The molecule has 1 N–H and O–H groups in total. The molecule has 1 aromatic carbocycles. The van der Waals surface area contributed by atoms with Crippen LogP contribution in [0.4, 0.5) is 20.7 Å². The Bertz CT molecular complexity index is 1050. The zero-order valence-electron chi connectivity index (χ0n) is 16.8. The summed E-state index contributed by atoms with van der Waals surface area (Å²) in [6.45, 7) is 4.38. The molecule has 31 heavy (non-hydrogen) atoms. The smallest absolute Gasteiger partial charge is 0.414 e. The van der Waals surface area contributed by atoms with E-state index in [1.165, 1.54) is 11.0 Å². The number of ether oxygens (including phenoxy) is 1.